The number of unbranched alkanes of at least 4 members (excludes halogenated alkanes) is 6. The molecule has 0 spiro atoms. The van der Waals surface area contributed by atoms with Gasteiger partial charge in [0.1, 0.15) is 5.75 Å². The lowest BCUT2D eigenvalue weighted by Gasteiger charge is -2.21. The lowest BCUT2D eigenvalue weighted by molar-refractivity contribution is -0.115. The number of hydrogen-bond donors (Lipinski definition) is 3. The summed E-state index contributed by atoms with van der Waals surface area (Å²) >= 11 is 0. The first kappa shape index (κ1) is 28.6. The molecule has 1 aromatic carbocycles. The van der Waals surface area contributed by atoms with Crippen molar-refractivity contribution in [1.29, 1.82) is 0 Å². The van der Waals surface area contributed by atoms with Crippen molar-refractivity contribution in [3.8, 4) is 5.75 Å². The van der Waals surface area contributed by atoms with Crippen molar-refractivity contribution in [2.45, 2.75) is 64.8 Å². The number of hydrogen-bond acceptors (Lipinski definition) is 7. The van der Waals surface area contributed by atoms with Crippen LogP contribution in [0.5, 0.6) is 5.75 Å². The van der Waals surface area contributed by atoms with Crippen molar-refractivity contribution in [2.75, 3.05) is 39.8 Å². The molecule has 35 heavy (non-hydrogen) atoms. The summed E-state index contributed by atoms with van der Waals surface area (Å²) in [7, 11) is 1.72. The van der Waals surface area contributed by atoms with E-state index in [0.29, 0.717) is 31.0 Å². The van der Waals surface area contributed by atoms with E-state index in [1.165, 1.54) is 17.7 Å². The van der Waals surface area contributed by atoms with Crippen LogP contribution >= 0.6 is 0 Å². The molecule has 1 aliphatic carbocycles. The van der Waals surface area contributed by atoms with Crippen LogP contribution in [0.15, 0.2) is 47.8 Å². The summed E-state index contributed by atoms with van der Waals surface area (Å²) in [6.07, 6.45) is 11.3. The fraction of sp³-hybridized carbons (Fsp3) is 0.571. The third kappa shape index (κ3) is 10.7. The highest BCUT2D eigenvalue weighted by molar-refractivity contribution is 6.19. The number of ether oxygens (including phenoxy) is 1. The molecule has 1 aromatic rings. The summed E-state index contributed by atoms with van der Waals surface area (Å²) in [6.45, 7) is 7.24. The van der Waals surface area contributed by atoms with E-state index < -0.39 is 0 Å². The van der Waals surface area contributed by atoms with Crippen molar-refractivity contribution < 1.29 is 14.3 Å². The van der Waals surface area contributed by atoms with Crippen LogP contribution in [-0.4, -0.2) is 56.3 Å². The van der Waals surface area contributed by atoms with E-state index in [2.05, 4.69) is 34.6 Å². The third-order valence-corrected chi connectivity index (χ3v) is 6.28. The van der Waals surface area contributed by atoms with Gasteiger partial charge in [0.2, 0.25) is 11.6 Å². The molecule has 0 unspecified atom stereocenters. The second kappa shape index (κ2) is 16.9. The number of rotatable bonds is 19. The number of nitrogens with zero attached hydrogens (tertiary/aromatic N) is 1. The summed E-state index contributed by atoms with van der Waals surface area (Å²) < 4.78 is 5.47. The molecular formula is C28H44N4O3. The average Bonchev–Trinajstić information content (AvgIpc) is 2.87. The van der Waals surface area contributed by atoms with Gasteiger partial charge in [-0.05, 0) is 51.4 Å². The third-order valence-electron chi connectivity index (χ3n) is 6.28. The van der Waals surface area contributed by atoms with Crippen molar-refractivity contribution in [1.82, 2.24) is 15.5 Å². The number of ketones is 2. The minimum Gasteiger partial charge on any atom is -0.496 e. The van der Waals surface area contributed by atoms with E-state index >= 15 is 0 Å². The van der Waals surface area contributed by atoms with Gasteiger partial charge in [-0.3, -0.25) is 14.5 Å². The molecule has 2 rings (SSSR count). The maximum absolute atomic E-state index is 12.4. The van der Waals surface area contributed by atoms with Gasteiger partial charge in [-0.15, -0.1) is 0 Å². The number of nitrogens with one attached hydrogen (secondary N) is 2. The van der Waals surface area contributed by atoms with Crippen LogP contribution < -0.4 is 21.1 Å². The van der Waals surface area contributed by atoms with Crippen LogP contribution in [0.4, 0.5) is 0 Å². The van der Waals surface area contributed by atoms with Crippen molar-refractivity contribution in [3.63, 3.8) is 0 Å². The molecule has 0 aliphatic heterocycles. The Morgan fingerprint density at radius 1 is 0.829 bits per heavy atom. The number of para-hydroxylation sites is 1. The monoisotopic (exact) mass is 484 g/mol. The minimum absolute atomic E-state index is 0.134. The van der Waals surface area contributed by atoms with Gasteiger partial charge < -0.3 is 21.1 Å². The van der Waals surface area contributed by atoms with Crippen LogP contribution in [0.25, 0.3) is 0 Å². The maximum Gasteiger partial charge on any atom is 0.203 e. The first-order chi connectivity index (χ1) is 17.1. The summed E-state index contributed by atoms with van der Waals surface area (Å²) in [5.74, 6) is 0.673. The van der Waals surface area contributed by atoms with Gasteiger partial charge >= 0.3 is 0 Å². The number of nitrogens with two attached hydrogens (primary N) is 1. The Bertz CT molecular complexity index is 850. The molecule has 0 heterocycles. The predicted molar refractivity (Wildman–Crippen MR) is 142 cm³/mol. The largest absolute Gasteiger partial charge is 0.496 e. The Labute approximate surface area is 211 Å². The van der Waals surface area contributed by atoms with E-state index in [0.717, 1.165) is 76.8 Å². The molecule has 0 radical (unpaired) electrons. The highest BCUT2D eigenvalue weighted by Gasteiger charge is 2.19. The first-order valence-corrected chi connectivity index (χ1v) is 13.1. The van der Waals surface area contributed by atoms with E-state index in [1.807, 2.05) is 12.1 Å². The van der Waals surface area contributed by atoms with Gasteiger partial charge in [0.15, 0.2) is 0 Å². The summed E-state index contributed by atoms with van der Waals surface area (Å²) in [6, 6.07) is 8.18. The molecule has 0 atom stereocenters. The maximum atomic E-state index is 12.4. The lowest BCUT2D eigenvalue weighted by atomic mass is 10.1. The molecule has 7 heteroatoms. The highest BCUT2D eigenvalue weighted by Crippen LogP contribution is 2.19. The summed E-state index contributed by atoms with van der Waals surface area (Å²) in [5.41, 5.74) is 7.51. The van der Waals surface area contributed by atoms with Crippen molar-refractivity contribution in [2.24, 2.45) is 5.73 Å². The second-order valence-electron chi connectivity index (χ2n) is 9.00. The van der Waals surface area contributed by atoms with Crippen LogP contribution in [0.3, 0.4) is 0 Å². The second-order valence-corrected chi connectivity index (χ2v) is 9.00. The number of carbonyl (C=O) groups excluding carboxylic acids is 2. The molecule has 0 saturated heterocycles. The van der Waals surface area contributed by atoms with Gasteiger partial charge in [0.25, 0.3) is 0 Å². The predicted octanol–water partition coefficient (Wildman–Crippen LogP) is 3.70. The quantitative estimate of drug-likeness (QED) is 0.203. The smallest absolute Gasteiger partial charge is 0.203 e. The van der Waals surface area contributed by atoms with Gasteiger partial charge in [0, 0.05) is 37.3 Å². The summed E-state index contributed by atoms with van der Waals surface area (Å²) in [4.78, 5) is 27.1. The van der Waals surface area contributed by atoms with Crippen LogP contribution in [0.2, 0.25) is 0 Å². The van der Waals surface area contributed by atoms with E-state index in [9.17, 15) is 9.59 Å². The normalized spacial score (nSPS) is 13.6. The molecule has 0 amide bonds. The number of benzene rings is 1. The van der Waals surface area contributed by atoms with Crippen LogP contribution in [-0.2, 0) is 16.1 Å². The number of allylic oxidation sites excluding steroid dienone is 2. The fourth-order valence-corrected chi connectivity index (χ4v) is 4.14. The Hall–Kier alpha value is -2.64. The minimum atomic E-state index is -0.135. The Morgan fingerprint density at radius 2 is 1.40 bits per heavy atom. The SMILES string of the molecule is CCN(CCCCCCNC1=CC(=O)C(NCCCCCCN)=CC1=O)Cc1ccccc1OC. The van der Waals surface area contributed by atoms with E-state index in [1.54, 1.807) is 7.11 Å². The Kier molecular flexibility index (Phi) is 13.8. The van der Waals surface area contributed by atoms with E-state index in [4.69, 9.17) is 10.5 Å². The molecule has 7 nitrogen and oxygen atoms in total. The van der Waals surface area contributed by atoms with Crippen molar-refractivity contribution in [3.05, 3.63) is 53.4 Å². The number of carbonyl (C=O) groups is 2. The zero-order valence-electron chi connectivity index (χ0n) is 21.6. The molecule has 4 N–H and O–H groups in total. The Balaban J connectivity index is 1.59. The average molecular weight is 485 g/mol. The number of methoxy groups -OCH3 is 1. The van der Waals surface area contributed by atoms with Gasteiger partial charge in [-0.1, -0.05) is 50.8 Å². The van der Waals surface area contributed by atoms with Crippen LogP contribution in [0, 0.1) is 0 Å². The molecule has 0 bridgehead atoms. The molecule has 0 aromatic heterocycles. The zero-order valence-corrected chi connectivity index (χ0v) is 21.6. The van der Waals surface area contributed by atoms with Gasteiger partial charge in [-0.25, -0.2) is 0 Å². The summed E-state index contributed by atoms with van der Waals surface area (Å²) in [5, 5.41) is 6.25. The first-order valence-electron chi connectivity index (χ1n) is 13.1. The lowest BCUT2D eigenvalue weighted by Crippen LogP contribution is -2.30. The fourth-order valence-electron chi connectivity index (χ4n) is 4.14. The molecule has 0 fully saturated rings. The van der Waals surface area contributed by atoms with Crippen LogP contribution in [0.1, 0.15) is 63.9 Å². The standard InChI is InChI=1S/C28H44N4O3/c1-3-32(22-23-14-8-9-15-28(23)35-2)19-13-7-6-12-18-31-25-21-26(33)24(20-27(25)34)30-17-11-5-4-10-16-29/h8-9,14-15,20-21,30-31H,3-7,10-13,16-19,22,29H2,1-2H3. The van der Waals surface area contributed by atoms with Gasteiger partial charge in [-0.2, -0.15) is 0 Å². The molecular weight excluding hydrogens is 440 g/mol. The molecule has 194 valence electrons. The highest BCUT2D eigenvalue weighted by atomic mass is 16.5. The van der Waals surface area contributed by atoms with Crippen molar-refractivity contribution >= 4 is 11.6 Å². The topological polar surface area (TPSA) is 96.7 Å². The Morgan fingerprint density at radius 3 is 1.97 bits per heavy atom. The van der Waals surface area contributed by atoms with Gasteiger partial charge in [0.05, 0.1) is 18.5 Å². The molecule has 1 aliphatic rings. The zero-order chi connectivity index (χ0) is 25.3. The molecule has 0 saturated carbocycles. The van der Waals surface area contributed by atoms with E-state index in [-0.39, 0.29) is 11.6 Å².